The van der Waals surface area contributed by atoms with E-state index in [2.05, 4.69) is 5.32 Å². The Balaban J connectivity index is 1.39. The van der Waals surface area contributed by atoms with Gasteiger partial charge in [0.15, 0.2) is 0 Å². The molecular weight excluding hydrogens is 356 g/mol. The molecule has 1 N–H and O–H groups in total. The van der Waals surface area contributed by atoms with Crippen LogP contribution in [0, 0.1) is 6.92 Å². The average molecular weight is 380 g/mol. The van der Waals surface area contributed by atoms with Crippen molar-refractivity contribution in [2.24, 2.45) is 0 Å². The first-order valence-corrected chi connectivity index (χ1v) is 9.40. The van der Waals surface area contributed by atoms with Gasteiger partial charge in [0, 0.05) is 13.0 Å². The smallest absolute Gasteiger partial charge is 0.261 e. The van der Waals surface area contributed by atoms with Gasteiger partial charge in [-0.05, 0) is 44.5 Å². The van der Waals surface area contributed by atoms with Crippen molar-refractivity contribution < 1.29 is 19.1 Å². The number of nitrogens with zero attached hydrogens (tertiary/aromatic N) is 1. The zero-order valence-corrected chi connectivity index (χ0v) is 16.1. The molecule has 0 spiro atoms. The fraction of sp³-hybridized carbons (Fsp3) is 0.318. The lowest BCUT2D eigenvalue weighted by molar-refractivity contribution is -0.122. The molecule has 6 heteroatoms. The molecule has 28 heavy (non-hydrogen) atoms. The summed E-state index contributed by atoms with van der Waals surface area (Å²) in [5, 5.41) is 2.87. The average Bonchev–Trinajstić information content (AvgIpc) is 2.93. The van der Waals surface area contributed by atoms with Crippen molar-refractivity contribution in [3.63, 3.8) is 0 Å². The Hall–Kier alpha value is -3.15. The van der Waals surface area contributed by atoms with Gasteiger partial charge in [-0.15, -0.1) is 0 Å². The third kappa shape index (κ3) is 4.57. The molecule has 0 aliphatic carbocycles. The topological polar surface area (TPSA) is 75.7 Å². The molecule has 0 aromatic heterocycles. The first-order chi connectivity index (χ1) is 13.5. The highest BCUT2D eigenvalue weighted by atomic mass is 16.5. The third-order valence-electron chi connectivity index (χ3n) is 4.59. The highest BCUT2D eigenvalue weighted by Crippen LogP contribution is 2.22. The Morgan fingerprint density at radius 3 is 2.25 bits per heavy atom. The molecular formula is C22H24N2O4. The minimum absolute atomic E-state index is 0.128. The summed E-state index contributed by atoms with van der Waals surface area (Å²) in [6.45, 7) is 4.48. The standard InChI is InChI=1S/C22H24N2O4/c1-15-9-11-17(12-10-15)28-14-16(2)23-20(25)8-5-13-24-21(26)18-6-3-4-7-19(18)22(24)27/h3-4,6-7,9-12,16H,5,8,13-14H2,1-2H3,(H,23,25)/t16-/m1/s1. The Morgan fingerprint density at radius 2 is 1.64 bits per heavy atom. The Morgan fingerprint density at radius 1 is 1.04 bits per heavy atom. The first-order valence-electron chi connectivity index (χ1n) is 9.40. The number of amides is 3. The van der Waals surface area contributed by atoms with Crippen molar-refractivity contribution in [2.45, 2.75) is 32.7 Å². The maximum absolute atomic E-state index is 12.3. The van der Waals surface area contributed by atoms with Gasteiger partial charge < -0.3 is 10.1 Å². The number of rotatable bonds is 8. The van der Waals surface area contributed by atoms with E-state index in [9.17, 15) is 14.4 Å². The first kappa shape index (κ1) is 19.6. The largest absolute Gasteiger partial charge is 0.491 e. The molecule has 0 radical (unpaired) electrons. The number of imide groups is 1. The predicted octanol–water partition coefficient (Wildman–Crippen LogP) is 2.95. The molecule has 3 amide bonds. The molecule has 0 saturated heterocycles. The normalized spacial score (nSPS) is 14.0. The van der Waals surface area contributed by atoms with Crippen LogP contribution in [0.4, 0.5) is 0 Å². The maximum atomic E-state index is 12.3. The predicted molar refractivity (Wildman–Crippen MR) is 105 cm³/mol. The van der Waals surface area contributed by atoms with Crippen molar-refractivity contribution in [3.8, 4) is 5.75 Å². The summed E-state index contributed by atoms with van der Waals surface area (Å²) in [5.74, 6) is 0.0516. The lowest BCUT2D eigenvalue weighted by Gasteiger charge is -2.16. The fourth-order valence-corrected chi connectivity index (χ4v) is 3.08. The van der Waals surface area contributed by atoms with E-state index in [4.69, 9.17) is 4.74 Å². The monoisotopic (exact) mass is 380 g/mol. The number of carbonyl (C=O) groups excluding carboxylic acids is 3. The van der Waals surface area contributed by atoms with Crippen LogP contribution >= 0.6 is 0 Å². The van der Waals surface area contributed by atoms with E-state index in [1.807, 2.05) is 38.1 Å². The second-order valence-electron chi connectivity index (χ2n) is 7.00. The van der Waals surface area contributed by atoms with Gasteiger partial charge in [0.1, 0.15) is 12.4 Å². The van der Waals surface area contributed by atoms with Crippen molar-refractivity contribution in [3.05, 3.63) is 65.2 Å². The number of hydrogen-bond acceptors (Lipinski definition) is 4. The summed E-state index contributed by atoms with van der Waals surface area (Å²) in [6.07, 6.45) is 0.658. The van der Waals surface area contributed by atoms with Crippen LogP contribution in [0.3, 0.4) is 0 Å². The number of carbonyl (C=O) groups is 3. The molecule has 2 aromatic rings. The zero-order valence-electron chi connectivity index (χ0n) is 16.1. The van der Waals surface area contributed by atoms with Gasteiger partial charge in [-0.2, -0.15) is 0 Å². The molecule has 0 unspecified atom stereocenters. The maximum Gasteiger partial charge on any atom is 0.261 e. The highest BCUT2D eigenvalue weighted by Gasteiger charge is 2.34. The van der Waals surface area contributed by atoms with E-state index in [1.165, 1.54) is 4.90 Å². The number of hydrogen-bond donors (Lipinski definition) is 1. The summed E-state index contributed by atoms with van der Waals surface area (Å²) in [5.41, 5.74) is 2.02. The molecule has 2 aromatic carbocycles. The molecule has 0 saturated carbocycles. The molecule has 6 nitrogen and oxygen atoms in total. The summed E-state index contributed by atoms with van der Waals surface area (Å²) in [6, 6.07) is 14.4. The van der Waals surface area contributed by atoms with E-state index in [-0.39, 0.29) is 36.7 Å². The molecule has 1 aliphatic heterocycles. The number of ether oxygens (including phenoxy) is 1. The molecule has 3 rings (SSSR count). The SMILES string of the molecule is Cc1ccc(OC[C@@H](C)NC(=O)CCCN2C(=O)c3ccccc3C2=O)cc1. The van der Waals surface area contributed by atoms with Crippen molar-refractivity contribution in [1.29, 1.82) is 0 Å². The van der Waals surface area contributed by atoms with E-state index in [0.29, 0.717) is 24.2 Å². The molecule has 0 fully saturated rings. The van der Waals surface area contributed by atoms with E-state index in [0.717, 1.165) is 11.3 Å². The van der Waals surface area contributed by atoms with E-state index >= 15 is 0 Å². The van der Waals surface area contributed by atoms with E-state index in [1.54, 1.807) is 24.3 Å². The molecule has 1 aliphatic rings. The summed E-state index contributed by atoms with van der Waals surface area (Å²) in [4.78, 5) is 37.9. The molecule has 1 atom stereocenters. The second-order valence-corrected chi connectivity index (χ2v) is 7.00. The third-order valence-corrected chi connectivity index (χ3v) is 4.59. The highest BCUT2D eigenvalue weighted by molar-refractivity contribution is 6.21. The second kappa shape index (κ2) is 8.69. The van der Waals surface area contributed by atoms with Crippen molar-refractivity contribution in [2.75, 3.05) is 13.2 Å². The van der Waals surface area contributed by atoms with Gasteiger partial charge in [0.25, 0.3) is 11.8 Å². The van der Waals surface area contributed by atoms with Gasteiger partial charge in [0.05, 0.1) is 17.2 Å². The lowest BCUT2D eigenvalue weighted by atomic mass is 10.1. The summed E-state index contributed by atoms with van der Waals surface area (Å²) >= 11 is 0. The van der Waals surface area contributed by atoms with Crippen LogP contribution in [0.5, 0.6) is 5.75 Å². The van der Waals surface area contributed by atoms with Crippen LogP contribution in [-0.4, -0.2) is 41.8 Å². The summed E-state index contributed by atoms with van der Waals surface area (Å²) in [7, 11) is 0. The molecule has 146 valence electrons. The number of aryl methyl sites for hydroxylation is 1. The van der Waals surface area contributed by atoms with Crippen molar-refractivity contribution >= 4 is 17.7 Å². The van der Waals surface area contributed by atoms with Crippen LogP contribution in [0.25, 0.3) is 0 Å². The lowest BCUT2D eigenvalue weighted by Crippen LogP contribution is -2.37. The van der Waals surface area contributed by atoms with Gasteiger partial charge in [-0.1, -0.05) is 29.8 Å². The zero-order chi connectivity index (χ0) is 20.1. The summed E-state index contributed by atoms with van der Waals surface area (Å²) < 4.78 is 5.66. The number of nitrogens with one attached hydrogen (secondary N) is 1. The number of benzene rings is 2. The van der Waals surface area contributed by atoms with Gasteiger partial charge in [-0.3, -0.25) is 19.3 Å². The minimum Gasteiger partial charge on any atom is -0.491 e. The van der Waals surface area contributed by atoms with Crippen LogP contribution in [0.2, 0.25) is 0 Å². The molecule has 1 heterocycles. The van der Waals surface area contributed by atoms with Crippen LogP contribution in [0.1, 0.15) is 46.0 Å². The minimum atomic E-state index is -0.291. The quantitative estimate of drug-likeness (QED) is 0.715. The molecule has 0 bridgehead atoms. The van der Waals surface area contributed by atoms with Gasteiger partial charge in [0.2, 0.25) is 5.91 Å². The van der Waals surface area contributed by atoms with E-state index < -0.39 is 0 Å². The van der Waals surface area contributed by atoms with Gasteiger partial charge in [-0.25, -0.2) is 0 Å². The Kier molecular flexibility index (Phi) is 6.09. The van der Waals surface area contributed by atoms with Crippen molar-refractivity contribution in [1.82, 2.24) is 10.2 Å². The Bertz CT molecular complexity index is 841. The number of fused-ring (bicyclic) bond motifs is 1. The van der Waals surface area contributed by atoms with Gasteiger partial charge >= 0.3 is 0 Å². The van der Waals surface area contributed by atoms with Crippen LogP contribution < -0.4 is 10.1 Å². The van der Waals surface area contributed by atoms with Crippen LogP contribution in [0.15, 0.2) is 48.5 Å². The van der Waals surface area contributed by atoms with Crippen LogP contribution in [-0.2, 0) is 4.79 Å². The Labute approximate surface area is 164 Å². The fourth-order valence-electron chi connectivity index (χ4n) is 3.08.